The number of alkyl halides is 3. The lowest BCUT2D eigenvalue weighted by Crippen LogP contribution is -2.47. The molecule has 2 atom stereocenters. The van der Waals surface area contributed by atoms with Gasteiger partial charge < -0.3 is 10.4 Å². The van der Waals surface area contributed by atoms with Crippen molar-refractivity contribution < 1.29 is 23.1 Å². The van der Waals surface area contributed by atoms with Crippen molar-refractivity contribution in [1.82, 2.24) is 5.32 Å². The van der Waals surface area contributed by atoms with E-state index in [0.717, 1.165) is 6.07 Å². The Morgan fingerprint density at radius 3 is 2.52 bits per heavy atom. The summed E-state index contributed by atoms with van der Waals surface area (Å²) in [5.74, 6) is -1.17. The van der Waals surface area contributed by atoms with Gasteiger partial charge in [0.1, 0.15) is 0 Å². The first-order chi connectivity index (χ1) is 9.65. The Hall–Kier alpha value is -1.56. The Morgan fingerprint density at radius 2 is 1.95 bits per heavy atom. The zero-order chi connectivity index (χ0) is 15.8. The summed E-state index contributed by atoms with van der Waals surface area (Å²) in [5, 5.41) is 11.8. The summed E-state index contributed by atoms with van der Waals surface area (Å²) in [6.07, 6.45) is -4.01. The van der Waals surface area contributed by atoms with Crippen molar-refractivity contribution in [2.75, 3.05) is 6.61 Å². The summed E-state index contributed by atoms with van der Waals surface area (Å²) in [6.45, 7) is 3.09. The summed E-state index contributed by atoms with van der Waals surface area (Å²) in [6, 6.07) is 5.37. The van der Waals surface area contributed by atoms with Gasteiger partial charge in [0.2, 0.25) is 5.91 Å². The van der Waals surface area contributed by atoms with Crippen LogP contribution in [0.5, 0.6) is 0 Å². The van der Waals surface area contributed by atoms with E-state index < -0.39 is 29.1 Å². The van der Waals surface area contributed by atoms with Crippen LogP contribution in [-0.2, 0) is 11.0 Å². The average Bonchev–Trinajstić information content (AvgIpc) is 3.17. The monoisotopic (exact) mass is 301 g/mol. The van der Waals surface area contributed by atoms with E-state index in [-0.39, 0.29) is 18.1 Å². The van der Waals surface area contributed by atoms with Crippen molar-refractivity contribution in [3.63, 3.8) is 0 Å². The average molecular weight is 301 g/mol. The third-order valence-corrected chi connectivity index (χ3v) is 3.65. The molecule has 1 aromatic carbocycles. The van der Waals surface area contributed by atoms with Crippen LogP contribution < -0.4 is 5.32 Å². The maximum atomic E-state index is 13.0. The standard InChI is InChI=1S/C15H18F3NO2/c1-14(2,8-20)19-13(21)11-7-10(11)9-5-3-4-6-12(9)15(16,17)18/h3-6,10-11,20H,7-8H2,1-2H3,(H,19,21). The van der Waals surface area contributed by atoms with Crippen molar-refractivity contribution in [1.29, 1.82) is 0 Å². The molecule has 0 aromatic heterocycles. The fourth-order valence-electron chi connectivity index (χ4n) is 2.37. The van der Waals surface area contributed by atoms with Crippen molar-refractivity contribution in [3.8, 4) is 0 Å². The Bertz CT molecular complexity index is 540. The van der Waals surface area contributed by atoms with Crippen LogP contribution in [0.25, 0.3) is 0 Å². The molecule has 1 fully saturated rings. The quantitative estimate of drug-likeness (QED) is 0.898. The van der Waals surface area contributed by atoms with Gasteiger partial charge in [-0.25, -0.2) is 0 Å². The second-order valence-corrected chi connectivity index (χ2v) is 6.06. The van der Waals surface area contributed by atoms with Crippen LogP contribution in [0.15, 0.2) is 24.3 Å². The molecule has 1 aliphatic rings. The predicted octanol–water partition coefficient (Wildman–Crippen LogP) is 2.70. The first-order valence-electron chi connectivity index (χ1n) is 6.75. The molecule has 3 nitrogen and oxygen atoms in total. The van der Waals surface area contributed by atoms with Gasteiger partial charge in [0.25, 0.3) is 0 Å². The predicted molar refractivity (Wildman–Crippen MR) is 71.6 cm³/mol. The minimum Gasteiger partial charge on any atom is -0.394 e. The molecular weight excluding hydrogens is 283 g/mol. The maximum absolute atomic E-state index is 13.0. The van der Waals surface area contributed by atoms with E-state index in [2.05, 4.69) is 5.32 Å². The number of carbonyl (C=O) groups excluding carboxylic acids is 1. The van der Waals surface area contributed by atoms with E-state index in [0.29, 0.717) is 6.42 Å². The van der Waals surface area contributed by atoms with E-state index in [4.69, 9.17) is 5.11 Å². The maximum Gasteiger partial charge on any atom is 0.416 e. The molecule has 1 amide bonds. The summed E-state index contributed by atoms with van der Waals surface area (Å²) in [7, 11) is 0. The zero-order valence-electron chi connectivity index (χ0n) is 11.9. The minimum atomic E-state index is -4.41. The smallest absolute Gasteiger partial charge is 0.394 e. The molecule has 0 saturated heterocycles. The van der Waals surface area contributed by atoms with E-state index in [9.17, 15) is 18.0 Å². The number of nitrogens with one attached hydrogen (secondary N) is 1. The fraction of sp³-hybridized carbons (Fsp3) is 0.533. The van der Waals surface area contributed by atoms with Crippen LogP contribution in [0, 0.1) is 5.92 Å². The lowest BCUT2D eigenvalue weighted by atomic mass is 10.0. The van der Waals surface area contributed by atoms with Crippen LogP contribution in [0.3, 0.4) is 0 Å². The Kier molecular flexibility index (Phi) is 4.02. The number of aliphatic hydroxyl groups excluding tert-OH is 1. The van der Waals surface area contributed by atoms with Gasteiger partial charge in [-0.15, -0.1) is 0 Å². The van der Waals surface area contributed by atoms with E-state index in [1.807, 2.05) is 0 Å². The van der Waals surface area contributed by atoms with Gasteiger partial charge in [0.15, 0.2) is 0 Å². The molecule has 0 heterocycles. The molecule has 6 heteroatoms. The molecule has 2 unspecified atom stereocenters. The van der Waals surface area contributed by atoms with Crippen molar-refractivity contribution in [3.05, 3.63) is 35.4 Å². The number of aliphatic hydroxyl groups is 1. The van der Waals surface area contributed by atoms with Crippen molar-refractivity contribution in [2.45, 2.75) is 37.9 Å². The molecule has 2 N–H and O–H groups in total. The molecule has 0 bridgehead atoms. The number of amides is 1. The van der Waals surface area contributed by atoms with Gasteiger partial charge in [0, 0.05) is 5.92 Å². The molecule has 116 valence electrons. The zero-order valence-corrected chi connectivity index (χ0v) is 11.9. The number of rotatable bonds is 4. The summed E-state index contributed by atoms with van der Waals surface area (Å²) in [4.78, 5) is 12.0. The van der Waals surface area contributed by atoms with Crippen LogP contribution in [0.4, 0.5) is 13.2 Å². The Labute approximate surface area is 121 Å². The molecular formula is C15H18F3NO2. The van der Waals surface area contributed by atoms with E-state index in [1.54, 1.807) is 19.9 Å². The second kappa shape index (κ2) is 5.33. The van der Waals surface area contributed by atoms with Gasteiger partial charge in [0.05, 0.1) is 17.7 Å². The number of halogens is 3. The number of carbonyl (C=O) groups is 1. The molecule has 2 rings (SSSR count). The SMILES string of the molecule is CC(C)(CO)NC(=O)C1CC1c1ccccc1C(F)(F)F. The highest BCUT2D eigenvalue weighted by Crippen LogP contribution is 2.51. The molecule has 0 spiro atoms. The van der Waals surface area contributed by atoms with Gasteiger partial charge >= 0.3 is 6.18 Å². The van der Waals surface area contributed by atoms with E-state index in [1.165, 1.54) is 12.1 Å². The lowest BCUT2D eigenvalue weighted by Gasteiger charge is -2.23. The third-order valence-electron chi connectivity index (χ3n) is 3.65. The second-order valence-electron chi connectivity index (χ2n) is 6.06. The van der Waals surface area contributed by atoms with Gasteiger partial charge in [-0.2, -0.15) is 13.2 Å². The van der Waals surface area contributed by atoms with Crippen molar-refractivity contribution in [2.24, 2.45) is 5.92 Å². The summed E-state index contributed by atoms with van der Waals surface area (Å²) >= 11 is 0. The highest BCUT2D eigenvalue weighted by atomic mass is 19.4. The number of hydrogen-bond acceptors (Lipinski definition) is 2. The van der Waals surface area contributed by atoms with Crippen LogP contribution >= 0.6 is 0 Å². The van der Waals surface area contributed by atoms with Crippen molar-refractivity contribution >= 4 is 5.91 Å². The minimum absolute atomic E-state index is 0.173. The van der Waals surface area contributed by atoms with Crippen LogP contribution in [0.2, 0.25) is 0 Å². The molecule has 1 aromatic rings. The molecule has 1 saturated carbocycles. The molecule has 1 aliphatic carbocycles. The molecule has 0 aliphatic heterocycles. The molecule has 0 radical (unpaired) electrons. The van der Waals surface area contributed by atoms with Crippen LogP contribution in [0.1, 0.15) is 37.3 Å². The topological polar surface area (TPSA) is 49.3 Å². The largest absolute Gasteiger partial charge is 0.416 e. The molecule has 21 heavy (non-hydrogen) atoms. The number of benzene rings is 1. The summed E-state index contributed by atoms with van der Waals surface area (Å²) < 4.78 is 38.9. The highest BCUT2D eigenvalue weighted by Gasteiger charge is 2.48. The third kappa shape index (κ3) is 3.56. The van der Waals surface area contributed by atoms with Crippen LogP contribution in [-0.4, -0.2) is 23.2 Å². The summed E-state index contributed by atoms with van der Waals surface area (Å²) in [5.41, 5.74) is -1.27. The van der Waals surface area contributed by atoms with Gasteiger partial charge in [-0.05, 0) is 37.8 Å². The number of hydrogen-bond donors (Lipinski definition) is 2. The van der Waals surface area contributed by atoms with Gasteiger partial charge in [-0.1, -0.05) is 18.2 Å². The highest BCUT2D eigenvalue weighted by molar-refractivity contribution is 5.83. The Balaban J connectivity index is 2.13. The first kappa shape index (κ1) is 15.8. The van der Waals surface area contributed by atoms with Gasteiger partial charge in [-0.3, -0.25) is 4.79 Å². The first-order valence-corrected chi connectivity index (χ1v) is 6.75. The van der Waals surface area contributed by atoms with E-state index >= 15 is 0 Å². The fourth-order valence-corrected chi connectivity index (χ4v) is 2.37. The lowest BCUT2D eigenvalue weighted by molar-refractivity contribution is -0.138. The normalized spacial score (nSPS) is 22.0. The Morgan fingerprint density at radius 1 is 1.33 bits per heavy atom.